The molecule has 0 bridgehead atoms. The summed E-state index contributed by atoms with van der Waals surface area (Å²) in [7, 11) is 0. The third kappa shape index (κ3) is 5.84. The van der Waals surface area contributed by atoms with Crippen LogP contribution in [0.25, 0.3) is 0 Å². The smallest absolute Gasteiger partial charge is 0.434 e. The van der Waals surface area contributed by atoms with E-state index in [4.69, 9.17) is 9.47 Å². The van der Waals surface area contributed by atoms with E-state index in [0.717, 1.165) is 6.42 Å². The van der Waals surface area contributed by atoms with Crippen molar-refractivity contribution in [3.63, 3.8) is 0 Å². The van der Waals surface area contributed by atoms with Crippen LogP contribution >= 0.6 is 0 Å². The molecule has 1 atom stereocenters. The summed E-state index contributed by atoms with van der Waals surface area (Å²) in [4.78, 5) is 11.2. The van der Waals surface area contributed by atoms with Gasteiger partial charge >= 0.3 is 6.16 Å². The Labute approximate surface area is 86.8 Å². The molecule has 0 heterocycles. The van der Waals surface area contributed by atoms with Crippen LogP contribution in [0.1, 0.15) is 41.0 Å². The molecule has 0 saturated carbocycles. The van der Waals surface area contributed by atoms with Crippen molar-refractivity contribution in [1.82, 2.24) is 0 Å². The maximum Gasteiger partial charge on any atom is 0.508 e. The zero-order chi connectivity index (χ0) is 11.1. The van der Waals surface area contributed by atoms with Crippen LogP contribution < -0.4 is 0 Å². The Kier molecular flexibility index (Phi) is 6.34. The van der Waals surface area contributed by atoms with Crippen LogP contribution in [0.4, 0.5) is 4.79 Å². The standard InChI is InChI=1S/C11H22O3/c1-6-10(9(4)5)14-11(12)13-7-8(2)3/h8-10H,6-7H2,1-5H3. The highest BCUT2D eigenvalue weighted by Crippen LogP contribution is 2.11. The Morgan fingerprint density at radius 2 is 1.79 bits per heavy atom. The van der Waals surface area contributed by atoms with E-state index in [1.807, 2.05) is 34.6 Å². The van der Waals surface area contributed by atoms with Crippen molar-refractivity contribution in [1.29, 1.82) is 0 Å². The molecule has 0 saturated heterocycles. The van der Waals surface area contributed by atoms with E-state index in [1.54, 1.807) is 0 Å². The Balaban J connectivity index is 3.79. The van der Waals surface area contributed by atoms with Crippen molar-refractivity contribution in [3.05, 3.63) is 0 Å². The van der Waals surface area contributed by atoms with Crippen molar-refractivity contribution >= 4 is 6.16 Å². The third-order valence-corrected chi connectivity index (χ3v) is 1.93. The lowest BCUT2D eigenvalue weighted by atomic mass is 10.1. The van der Waals surface area contributed by atoms with Gasteiger partial charge in [-0.1, -0.05) is 34.6 Å². The minimum Gasteiger partial charge on any atom is -0.434 e. The van der Waals surface area contributed by atoms with Gasteiger partial charge in [-0.05, 0) is 18.3 Å². The SMILES string of the molecule is CCC(OC(=O)OCC(C)C)C(C)C. The summed E-state index contributed by atoms with van der Waals surface area (Å²) in [6.45, 7) is 10.5. The van der Waals surface area contributed by atoms with Gasteiger partial charge in [0.25, 0.3) is 0 Å². The normalized spacial score (nSPS) is 13.1. The van der Waals surface area contributed by atoms with Crippen molar-refractivity contribution in [2.75, 3.05) is 6.61 Å². The molecule has 0 aliphatic heterocycles. The molecule has 0 rings (SSSR count). The summed E-state index contributed by atoms with van der Waals surface area (Å²) in [5.41, 5.74) is 0. The zero-order valence-electron chi connectivity index (χ0n) is 9.87. The van der Waals surface area contributed by atoms with Crippen LogP contribution in [-0.4, -0.2) is 18.9 Å². The summed E-state index contributed by atoms with van der Waals surface area (Å²) in [5.74, 6) is 0.688. The van der Waals surface area contributed by atoms with Gasteiger partial charge in [-0.2, -0.15) is 0 Å². The molecule has 1 unspecified atom stereocenters. The molecule has 0 N–H and O–H groups in total. The molecule has 3 heteroatoms. The first-order valence-corrected chi connectivity index (χ1v) is 5.30. The highest BCUT2D eigenvalue weighted by molar-refractivity contribution is 5.60. The Morgan fingerprint density at radius 1 is 1.21 bits per heavy atom. The molecule has 0 amide bonds. The van der Waals surface area contributed by atoms with Crippen LogP contribution in [0.2, 0.25) is 0 Å². The van der Waals surface area contributed by atoms with Gasteiger partial charge in [0, 0.05) is 0 Å². The predicted molar refractivity (Wildman–Crippen MR) is 56.2 cm³/mol. The molecule has 0 spiro atoms. The fourth-order valence-electron chi connectivity index (χ4n) is 1.08. The second-order valence-corrected chi connectivity index (χ2v) is 4.26. The molecule has 0 aliphatic carbocycles. The number of ether oxygens (including phenoxy) is 2. The molecule has 0 aromatic heterocycles. The summed E-state index contributed by atoms with van der Waals surface area (Å²) < 4.78 is 10.1. The van der Waals surface area contributed by atoms with E-state index in [0.29, 0.717) is 18.4 Å². The van der Waals surface area contributed by atoms with Crippen LogP contribution in [0.5, 0.6) is 0 Å². The van der Waals surface area contributed by atoms with Gasteiger partial charge in [0.05, 0.1) is 6.61 Å². The average molecular weight is 202 g/mol. The highest BCUT2D eigenvalue weighted by Gasteiger charge is 2.17. The summed E-state index contributed by atoms with van der Waals surface area (Å²) in [6.07, 6.45) is 0.253. The first-order valence-electron chi connectivity index (χ1n) is 5.30. The van der Waals surface area contributed by atoms with Gasteiger partial charge in [0.15, 0.2) is 0 Å². The summed E-state index contributed by atoms with van der Waals surface area (Å²) in [5, 5.41) is 0. The topological polar surface area (TPSA) is 35.5 Å². The van der Waals surface area contributed by atoms with E-state index in [2.05, 4.69) is 0 Å². The molecule has 84 valence electrons. The van der Waals surface area contributed by atoms with Gasteiger partial charge in [0.2, 0.25) is 0 Å². The van der Waals surface area contributed by atoms with Gasteiger partial charge in [-0.15, -0.1) is 0 Å². The van der Waals surface area contributed by atoms with Crippen LogP contribution in [0.3, 0.4) is 0 Å². The third-order valence-electron chi connectivity index (χ3n) is 1.93. The zero-order valence-corrected chi connectivity index (χ0v) is 9.87. The Hall–Kier alpha value is -0.730. The van der Waals surface area contributed by atoms with E-state index in [1.165, 1.54) is 0 Å². The average Bonchev–Trinajstić information content (AvgIpc) is 2.10. The lowest BCUT2D eigenvalue weighted by molar-refractivity contribution is 0.00162. The van der Waals surface area contributed by atoms with Crippen molar-refractivity contribution in [2.45, 2.75) is 47.1 Å². The monoisotopic (exact) mass is 202 g/mol. The van der Waals surface area contributed by atoms with E-state index >= 15 is 0 Å². The van der Waals surface area contributed by atoms with Gasteiger partial charge in [-0.25, -0.2) is 4.79 Å². The molecule has 0 aliphatic rings. The Bertz CT molecular complexity index is 164. The minimum atomic E-state index is -0.542. The quantitative estimate of drug-likeness (QED) is 0.642. The maximum absolute atomic E-state index is 11.2. The van der Waals surface area contributed by atoms with Crippen molar-refractivity contribution < 1.29 is 14.3 Å². The minimum absolute atomic E-state index is 0.0327. The number of hydrogen-bond donors (Lipinski definition) is 0. The number of carbonyl (C=O) groups is 1. The van der Waals surface area contributed by atoms with E-state index in [9.17, 15) is 4.79 Å². The fourth-order valence-corrected chi connectivity index (χ4v) is 1.08. The lowest BCUT2D eigenvalue weighted by Crippen LogP contribution is -2.24. The second kappa shape index (κ2) is 6.68. The molecular weight excluding hydrogens is 180 g/mol. The van der Waals surface area contributed by atoms with Crippen LogP contribution in [0.15, 0.2) is 0 Å². The molecule has 0 aromatic carbocycles. The van der Waals surface area contributed by atoms with E-state index < -0.39 is 6.16 Å². The molecule has 0 radical (unpaired) electrons. The van der Waals surface area contributed by atoms with Crippen LogP contribution in [0, 0.1) is 11.8 Å². The first kappa shape index (κ1) is 13.3. The summed E-state index contributed by atoms with van der Waals surface area (Å²) in [6, 6.07) is 0. The van der Waals surface area contributed by atoms with Crippen molar-refractivity contribution in [3.8, 4) is 0 Å². The number of hydrogen-bond acceptors (Lipinski definition) is 3. The molecule has 0 aromatic rings. The first-order chi connectivity index (χ1) is 6.47. The maximum atomic E-state index is 11.2. The predicted octanol–water partition coefficient (Wildman–Crippen LogP) is 3.23. The summed E-state index contributed by atoms with van der Waals surface area (Å²) >= 11 is 0. The molecule has 3 nitrogen and oxygen atoms in total. The van der Waals surface area contributed by atoms with Gasteiger partial charge in [-0.3, -0.25) is 0 Å². The highest BCUT2D eigenvalue weighted by atomic mass is 16.7. The van der Waals surface area contributed by atoms with E-state index in [-0.39, 0.29) is 6.10 Å². The lowest BCUT2D eigenvalue weighted by Gasteiger charge is -2.19. The van der Waals surface area contributed by atoms with Gasteiger partial charge in [0.1, 0.15) is 6.10 Å². The largest absolute Gasteiger partial charge is 0.508 e. The molecule has 0 fully saturated rings. The number of carbonyl (C=O) groups excluding carboxylic acids is 1. The Morgan fingerprint density at radius 3 is 2.14 bits per heavy atom. The second-order valence-electron chi connectivity index (χ2n) is 4.26. The van der Waals surface area contributed by atoms with Crippen LogP contribution in [-0.2, 0) is 9.47 Å². The van der Waals surface area contributed by atoms with Gasteiger partial charge < -0.3 is 9.47 Å². The van der Waals surface area contributed by atoms with Crippen molar-refractivity contribution in [2.24, 2.45) is 11.8 Å². The molecular formula is C11H22O3. The molecule has 14 heavy (non-hydrogen) atoms. The fraction of sp³-hybridized carbons (Fsp3) is 0.909. The number of rotatable bonds is 5.